The van der Waals surface area contributed by atoms with Crippen LogP contribution in [0.15, 0.2) is 84.9 Å². The molecule has 53 heavy (non-hydrogen) atoms. The number of rotatable bonds is 13. The number of aryl methyl sites for hydroxylation is 6. The number of amides is 2. The number of carboxylic acid groups (broad SMARTS) is 1. The Labute approximate surface area is 309 Å². The topological polar surface area (TPSA) is 165 Å². The van der Waals surface area contributed by atoms with Gasteiger partial charge in [-0.15, -0.1) is 0 Å². The van der Waals surface area contributed by atoms with E-state index in [1.165, 1.54) is 6.92 Å². The molecule has 0 heterocycles. The van der Waals surface area contributed by atoms with E-state index in [2.05, 4.69) is 10.6 Å². The Bertz CT molecular complexity index is 1830. The fourth-order valence-corrected chi connectivity index (χ4v) is 5.75. The minimum atomic E-state index is -1.14. The number of aliphatic carboxylic acids is 1. The molecule has 2 amide bonds. The number of hydrogen-bond donors (Lipinski definition) is 3. The number of benzene rings is 4. The number of nitrogens with one attached hydrogen (secondary N) is 2. The standard InChI is InChI=1S/C23H26O5.C19H20N2O4/c1-13-7-15(3)20(16(4)8-13)22(25)27-11-19(24)12-28-23(26)21-17(5)9-14(2)10-18(21)6;1-13(19(24)25)20-18(23)16(12-14-8-4-2-5-9-14)21-17(22)15-10-6-3-7-11-15/h7-10H,11-12H2,1-6H3;2-11,13,16H,12H2,1H3,(H,20,23)(H,21,22)(H,24,25)/t;13-,16-/m.0/s1. The van der Waals surface area contributed by atoms with Gasteiger partial charge < -0.3 is 25.2 Å². The average Bonchev–Trinajstić information content (AvgIpc) is 3.09. The molecule has 4 aromatic rings. The lowest BCUT2D eigenvalue weighted by Crippen LogP contribution is -2.51. The molecule has 0 saturated carbocycles. The maximum atomic E-state index is 12.4. The molecule has 3 N–H and O–H groups in total. The fourth-order valence-electron chi connectivity index (χ4n) is 5.75. The minimum absolute atomic E-state index is 0.261. The summed E-state index contributed by atoms with van der Waals surface area (Å²) in [5.41, 5.74) is 7.51. The molecule has 0 aliphatic carbocycles. The molecule has 2 atom stereocenters. The van der Waals surface area contributed by atoms with Crippen LogP contribution >= 0.6 is 0 Å². The number of hydrogen-bond acceptors (Lipinski definition) is 8. The van der Waals surface area contributed by atoms with Gasteiger partial charge in [-0.25, -0.2) is 9.59 Å². The van der Waals surface area contributed by atoms with E-state index in [1.807, 2.05) is 96.1 Å². The fraction of sp³-hybridized carbons (Fsp3) is 0.286. The van der Waals surface area contributed by atoms with E-state index in [9.17, 15) is 28.8 Å². The number of ether oxygens (including phenoxy) is 2. The maximum Gasteiger partial charge on any atom is 0.339 e. The van der Waals surface area contributed by atoms with Crippen LogP contribution in [0.3, 0.4) is 0 Å². The van der Waals surface area contributed by atoms with Gasteiger partial charge in [0.25, 0.3) is 5.91 Å². The molecule has 11 nitrogen and oxygen atoms in total. The van der Waals surface area contributed by atoms with Crippen molar-refractivity contribution < 1.29 is 43.3 Å². The van der Waals surface area contributed by atoms with E-state index in [1.54, 1.807) is 30.3 Å². The Morgan fingerprint density at radius 2 is 1.04 bits per heavy atom. The molecule has 0 aliphatic rings. The van der Waals surface area contributed by atoms with E-state index in [0.29, 0.717) is 16.7 Å². The van der Waals surface area contributed by atoms with Crippen molar-refractivity contribution in [3.05, 3.63) is 141 Å². The molecule has 0 unspecified atom stereocenters. The molecule has 11 heteroatoms. The van der Waals surface area contributed by atoms with Crippen molar-refractivity contribution in [2.75, 3.05) is 13.2 Å². The molecule has 278 valence electrons. The van der Waals surface area contributed by atoms with Crippen molar-refractivity contribution in [2.45, 2.75) is 67.0 Å². The lowest BCUT2D eigenvalue weighted by atomic mass is 10.00. The largest absolute Gasteiger partial charge is 0.480 e. The average molecular weight is 723 g/mol. The number of Topliss-reactive ketones (excluding diaryl/α,β-unsaturated/α-hetero) is 1. The van der Waals surface area contributed by atoms with Gasteiger partial charge in [-0.3, -0.25) is 19.2 Å². The smallest absolute Gasteiger partial charge is 0.339 e. The van der Waals surface area contributed by atoms with Crippen molar-refractivity contribution in [2.24, 2.45) is 0 Å². The summed E-state index contributed by atoms with van der Waals surface area (Å²) in [5.74, 6) is -3.66. The van der Waals surface area contributed by atoms with E-state index < -0.39 is 54.9 Å². The molecular formula is C42H46N2O9. The highest BCUT2D eigenvalue weighted by molar-refractivity contribution is 5.98. The molecular weight excluding hydrogens is 676 g/mol. The zero-order chi connectivity index (χ0) is 39.2. The third kappa shape index (κ3) is 12.6. The van der Waals surface area contributed by atoms with Gasteiger partial charge in [-0.2, -0.15) is 0 Å². The zero-order valence-electron chi connectivity index (χ0n) is 31.1. The van der Waals surface area contributed by atoms with E-state index in [0.717, 1.165) is 38.9 Å². The first-order valence-corrected chi connectivity index (χ1v) is 17.0. The molecule has 4 rings (SSSR count). The normalized spacial score (nSPS) is 11.5. The Balaban J connectivity index is 0.000000287. The second-order valence-electron chi connectivity index (χ2n) is 12.9. The van der Waals surface area contributed by atoms with Crippen molar-refractivity contribution in [1.29, 1.82) is 0 Å². The van der Waals surface area contributed by atoms with E-state index in [4.69, 9.17) is 14.6 Å². The Hall–Kier alpha value is -6.10. The summed E-state index contributed by atoms with van der Waals surface area (Å²) in [7, 11) is 0. The summed E-state index contributed by atoms with van der Waals surface area (Å²) in [4.78, 5) is 72.4. The van der Waals surface area contributed by atoms with Crippen molar-refractivity contribution in [3.8, 4) is 0 Å². The first-order valence-electron chi connectivity index (χ1n) is 17.0. The van der Waals surface area contributed by atoms with Crippen LogP contribution in [0, 0.1) is 41.5 Å². The molecule has 0 spiro atoms. The SMILES string of the molecule is C[C@H](NC(=O)[C@H](Cc1ccccc1)NC(=O)c1ccccc1)C(=O)O.Cc1cc(C)c(C(=O)OCC(=O)COC(=O)c2c(C)cc(C)cc2C)c(C)c1. The number of esters is 2. The third-order valence-corrected chi connectivity index (χ3v) is 8.16. The van der Waals surface area contributed by atoms with Gasteiger partial charge in [-0.1, -0.05) is 83.9 Å². The third-order valence-electron chi connectivity index (χ3n) is 8.16. The van der Waals surface area contributed by atoms with Crippen molar-refractivity contribution in [1.82, 2.24) is 10.6 Å². The van der Waals surface area contributed by atoms with Crippen LogP contribution in [0.4, 0.5) is 0 Å². The predicted molar refractivity (Wildman–Crippen MR) is 200 cm³/mol. The zero-order valence-corrected chi connectivity index (χ0v) is 31.1. The number of carbonyl (C=O) groups is 6. The Morgan fingerprint density at radius 1 is 0.623 bits per heavy atom. The van der Waals surface area contributed by atoms with Crippen LogP contribution < -0.4 is 10.6 Å². The highest BCUT2D eigenvalue weighted by Crippen LogP contribution is 2.19. The van der Waals surface area contributed by atoms with E-state index >= 15 is 0 Å². The molecule has 0 radical (unpaired) electrons. The van der Waals surface area contributed by atoms with E-state index in [-0.39, 0.29) is 12.3 Å². The van der Waals surface area contributed by atoms with Gasteiger partial charge in [0.15, 0.2) is 13.2 Å². The van der Waals surface area contributed by atoms with Crippen LogP contribution in [-0.4, -0.2) is 65.9 Å². The molecule has 4 aromatic carbocycles. The molecule has 0 saturated heterocycles. The van der Waals surface area contributed by atoms with Crippen LogP contribution in [0.5, 0.6) is 0 Å². The maximum absolute atomic E-state index is 12.4. The minimum Gasteiger partial charge on any atom is -0.480 e. The van der Waals surface area contributed by atoms with Gasteiger partial charge in [-0.05, 0) is 88.4 Å². The molecule has 0 aromatic heterocycles. The monoisotopic (exact) mass is 722 g/mol. The summed E-state index contributed by atoms with van der Waals surface area (Å²) in [6, 6.07) is 23.4. The van der Waals surface area contributed by atoms with Crippen LogP contribution in [0.25, 0.3) is 0 Å². The first-order chi connectivity index (χ1) is 25.1. The predicted octanol–water partition coefficient (Wildman–Crippen LogP) is 5.74. The second kappa shape index (κ2) is 19.5. The van der Waals surface area contributed by atoms with Crippen LogP contribution in [0.2, 0.25) is 0 Å². The van der Waals surface area contributed by atoms with Gasteiger partial charge >= 0.3 is 17.9 Å². The highest BCUT2D eigenvalue weighted by atomic mass is 16.6. The van der Waals surface area contributed by atoms with Gasteiger partial charge in [0.1, 0.15) is 12.1 Å². The lowest BCUT2D eigenvalue weighted by Gasteiger charge is -2.20. The van der Waals surface area contributed by atoms with Gasteiger partial charge in [0.05, 0.1) is 11.1 Å². The second-order valence-corrected chi connectivity index (χ2v) is 12.9. The quantitative estimate of drug-likeness (QED) is 0.146. The van der Waals surface area contributed by atoms with Crippen LogP contribution in [-0.2, 0) is 30.3 Å². The molecule has 0 bridgehead atoms. The van der Waals surface area contributed by atoms with Gasteiger partial charge in [0, 0.05) is 12.0 Å². The number of carbonyl (C=O) groups excluding carboxylic acids is 5. The Kier molecular flexibility index (Phi) is 15.2. The van der Waals surface area contributed by atoms with Gasteiger partial charge in [0.2, 0.25) is 11.7 Å². The molecule has 0 fully saturated rings. The van der Waals surface area contributed by atoms with Crippen molar-refractivity contribution in [3.63, 3.8) is 0 Å². The van der Waals surface area contributed by atoms with Crippen molar-refractivity contribution >= 4 is 35.5 Å². The van der Waals surface area contributed by atoms with Crippen LogP contribution in [0.1, 0.15) is 76.9 Å². The summed E-state index contributed by atoms with van der Waals surface area (Å²) in [6.07, 6.45) is 0.261. The number of ketones is 1. The summed E-state index contributed by atoms with van der Waals surface area (Å²) >= 11 is 0. The number of carboxylic acids is 1. The summed E-state index contributed by atoms with van der Waals surface area (Å²) < 4.78 is 10.2. The summed E-state index contributed by atoms with van der Waals surface area (Å²) in [6.45, 7) is 11.7. The Morgan fingerprint density at radius 3 is 1.45 bits per heavy atom. The molecule has 0 aliphatic heterocycles. The highest BCUT2D eigenvalue weighted by Gasteiger charge is 2.25. The summed E-state index contributed by atoms with van der Waals surface area (Å²) in [5, 5.41) is 14.0. The first kappa shape index (κ1) is 41.3. The lowest BCUT2D eigenvalue weighted by molar-refractivity contribution is -0.141.